The molecule has 0 bridgehead atoms. The van der Waals surface area contributed by atoms with E-state index in [2.05, 4.69) is 5.32 Å². The monoisotopic (exact) mass is 411 g/mol. The van der Waals surface area contributed by atoms with E-state index < -0.39 is 0 Å². The number of carbonyl (C=O) groups is 3. The van der Waals surface area contributed by atoms with E-state index in [1.54, 1.807) is 36.0 Å². The van der Waals surface area contributed by atoms with Gasteiger partial charge in [0.05, 0.1) is 6.42 Å². The molecule has 1 aliphatic rings. The Labute approximate surface area is 175 Å². The second kappa shape index (κ2) is 9.52. The van der Waals surface area contributed by atoms with Gasteiger partial charge in [0.15, 0.2) is 0 Å². The van der Waals surface area contributed by atoms with Crippen LogP contribution >= 0.6 is 0 Å². The van der Waals surface area contributed by atoms with Crippen LogP contribution in [0, 0.1) is 11.7 Å². The van der Waals surface area contributed by atoms with Crippen LogP contribution < -0.4 is 5.32 Å². The van der Waals surface area contributed by atoms with Gasteiger partial charge in [-0.3, -0.25) is 14.4 Å². The van der Waals surface area contributed by atoms with Crippen molar-refractivity contribution in [1.29, 1.82) is 0 Å². The highest BCUT2D eigenvalue weighted by atomic mass is 19.1. The summed E-state index contributed by atoms with van der Waals surface area (Å²) in [5.41, 5.74) is 2.03. The number of nitrogens with zero attached hydrogens (tertiary/aromatic N) is 2. The molecule has 3 amide bonds. The summed E-state index contributed by atoms with van der Waals surface area (Å²) in [6.45, 7) is 0.972. The lowest BCUT2D eigenvalue weighted by molar-refractivity contribution is -0.128. The Morgan fingerprint density at radius 3 is 2.17 bits per heavy atom. The Bertz CT molecular complexity index is 902. The van der Waals surface area contributed by atoms with E-state index in [-0.39, 0.29) is 29.5 Å². The number of benzene rings is 2. The summed E-state index contributed by atoms with van der Waals surface area (Å²) >= 11 is 0. The fraction of sp³-hybridized carbons (Fsp3) is 0.348. The lowest BCUT2D eigenvalue weighted by Gasteiger charge is -2.31. The third-order valence-electron chi connectivity index (χ3n) is 5.32. The molecule has 0 atom stereocenters. The van der Waals surface area contributed by atoms with E-state index in [1.165, 1.54) is 24.3 Å². The zero-order valence-corrected chi connectivity index (χ0v) is 17.2. The fourth-order valence-electron chi connectivity index (χ4n) is 3.40. The van der Waals surface area contributed by atoms with E-state index in [9.17, 15) is 18.8 Å². The molecule has 0 unspecified atom stereocenters. The summed E-state index contributed by atoms with van der Waals surface area (Å²) in [5.74, 6) is -0.733. The average Bonchev–Trinajstić information content (AvgIpc) is 2.75. The van der Waals surface area contributed by atoms with Crippen molar-refractivity contribution < 1.29 is 18.8 Å². The molecule has 1 heterocycles. The van der Waals surface area contributed by atoms with Crippen LogP contribution in [-0.2, 0) is 16.0 Å². The maximum absolute atomic E-state index is 13.0. The van der Waals surface area contributed by atoms with Crippen LogP contribution in [0.25, 0.3) is 0 Å². The molecule has 3 rings (SSSR count). The number of anilines is 1. The highest BCUT2D eigenvalue weighted by molar-refractivity contribution is 5.95. The topological polar surface area (TPSA) is 69.7 Å². The van der Waals surface area contributed by atoms with Crippen LogP contribution in [-0.4, -0.2) is 54.7 Å². The number of piperidine rings is 1. The van der Waals surface area contributed by atoms with E-state index in [1.807, 2.05) is 12.1 Å². The van der Waals surface area contributed by atoms with Crippen LogP contribution in [0.5, 0.6) is 0 Å². The summed E-state index contributed by atoms with van der Waals surface area (Å²) < 4.78 is 13.0. The largest absolute Gasteiger partial charge is 0.349 e. The quantitative estimate of drug-likeness (QED) is 0.823. The minimum absolute atomic E-state index is 0.0220. The predicted molar refractivity (Wildman–Crippen MR) is 112 cm³/mol. The molecule has 2 aromatic carbocycles. The molecule has 158 valence electrons. The first-order valence-corrected chi connectivity index (χ1v) is 9.98. The Hall–Kier alpha value is -3.22. The van der Waals surface area contributed by atoms with Crippen molar-refractivity contribution in [3.63, 3.8) is 0 Å². The Balaban J connectivity index is 1.50. The van der Waals surface area contributed by atoms with Crippen molar-refractivity contribution in [3.8, 4) is 0 Å². The molecule has 30 heavy (non-hydrogen) atoms. The SMILES string of the molecule is CN(C)C(=O)Cc1ccc(NC(=O)C2CCN(C(=O)c3ccc(F)cc3)CC2)cc1. The molecular formula is C23H26FN3O3. The van der Waals surface area contributed by atoms with Crippen molar-refractivity contribution >= 4 is 23.4 Å². The van der Waals surface area contributed by atoms with Gasteiger partial charge in [0, 0.05) is 44.4 Å². The number of hydrogen-bond acceptors (Lipinski definition) is 3. The molecule has 0 spiro atoms. The molecule has 0 aromatic heterocycles. The van der Waals surface area contributed by atoms with Crippen molar-refractivity contribution in [2.24, 2.45) is 5.92 Å². The number of amides is 3. The van der Waals surface area contributed by atoms with Crippen LogP contribution in [0.3, 0.4) is 0 Å². The summed E-state index contributed by atoms with van der Waals surface area (Å²) in [5, 5.41) is 2.92. The minimum Gasteiger partial charge on any atom is -0.349 e. The first-order valence-electron chi connectivity index (χ1n) is 9.98. The lowest BCUT2D eigenvalue weighted by Crippen LogP contribution is -2.41. The second-order valence-corrected chi connectivity index (χ2v) is 7.72. The number of rotatable bonds is 5. The Morgan fingerprint density at radius 2 is 1.60 bits per heavy atom. The number of likely N-dealkylation sites (tertiary alicyclic amines) is 1. The van der Waals surface area contributed by atoms with E-state index >= 15 is 0 Å². The number of carbonyl (C=O) groups excluding carboxylic acids is 3. The van der Waals surface area contributed by atoms with Gasteiger partial charge < -0.3 is 15.1 Å². The molecule has 1 aliphatic heterocycles. The maximum atomic E-state index is 13.0. The molecule has 1 N–H and O–H groups in total. The first-order chi connectivity index (χ1) is 14.3. The first kappa shape index (κ1) is 21.5. The molecule has 1 fully saturated rings. The minimum atomic E-state index is -0.376. The fourth-order valence-corrected chi connectivity index (χ4v) is 3.40. The summed E-state index contributed by atoms with van der Waals surface area (Å²) in [6, 6.07) is 12.8. The summed E-state index contributed by atoms with van der Waals surface area (Å²) in [7, 11) is 3.44. The highest BCUT2D eigenvalue weighted by Crippen LogP contribution is 2.21. The van der Waals surface area contributed by atoms with Gasteiger partial charge in [-0.15, -0.1) is 0 Å². The van der Waals surface area contributed by atoms with Gasteiger partial charge in [0.2, 0.25) is 11.8 Å². The maximum Gasteiger partial charge on any atom is 0.253 e. The lowest BCUT2D eigenvalue weighted by atomic mass is 9.95. The Kier molecular flexibility index (Phi) is 6.82. The highest BCUT2D eigenvalue weighted by Gasteiger charge is 2.28. The predicted octanol–water partition coefficient (Wildman–Crippen LogP) is 2.95. The molecule has 7 heteroatoms. The molecule has 0 radical (unpaired) electrons. The molecule has 6 nitrogen and oxygen atoms in total. The number of nitrogens with one attached hydrogen (secondary N) is 1. The van der Waals surface area contributed by atoms with Crippen molar-refractivity contribution in [1.82, 2.24) is 9.80 Å². The Morgan fingerprint density at radius 1 is 1.00 bits per heavy atom. The van der Waals surface area contributed by atoms with Crippen molar-refractivity contribution in [2.45, 2.75) is 19.3 Å². The van der Waals surface area contributed by atoms with Crippen molar-refractivity contribution in [2.75, 3.05) is 32.5 Å². The third-order valence-corrected chi connectivity index (χ3v) is 5.32. The van der Waals surface area contributed by atoms with Crippen LogP contribution in [0.2, 0.25) is 0 Å². The van der Waals surface area contributed by atoms with Gasteiger partial charge in [-0.2, -0.15) is 0 Å². The van der Waals surface area contributed by atoms with Crippen LogP contribution in [0.4, 0.5) is 10.1 Å². The van der Waals surface area contributed by atoms with E-state index in [0.717, 1.165) is 5.56 Å². The zero-order valence-electron chi connectivity index (χ0n) is 17.2. The van der Waals surface area contributed by atoms with E-state index in [0.29, 0.717) is 43.6 Å². The standard InChI is InChI=1S/C23H26FN3O3/c1-26(2)21(28)15-16-3-9-20(10-4-16)25-22(29)17-11-13-27(14-12-17)23(30)18-5-7-19(24)8-6-18/h3-10,17H,11-15H2,1-2H3,(H,25,29). The molecule has 0 aliphatic carbocycles. The molecule has 1 saturated heterocycles. The van der Waals surface area contributed by atoms with Gasteiger partial charge in [0.1, 0.15) is 5.82 Å². The van der Waals surface area contributed by atoms with Crippen LogP contribution in [0.15, 0.2) is 48.5 Å². The second-order valence-electron chi connectivity index (χ2n) is 7.72. The van der Waals surface area contributed by atoms with Gasteiger partial charge in [-0.05, 0) is 54.8 Å². The van der Waals surface area contributed by atoms with Gasteiger partial charge >= 0.3 is 0 Å². The van der Waals surface area contributed by atoms with E-state index in [4.69, 9.17) is 0 Å². The van der Waals surface area contributed by atoms with Gasteiger partial charge in [0.25, 0.3) is 5.91 Å². The van der Waals surface area contributed by atoms with Crippen LogP contribution in [0.1, 0.15) is 28.8 Å². The normalized spacial score (nSPS) is 14.3. The van der Waals surface area contributed by atoms with Gasteiger partial charge in [-0.25, -0.2) is 4.39 Å². The van der Waals surface area contributed by atoms with Gasteiger partial charge in [-0.1, -0.05) is 12.1 Å². The molecule has 2 aromatic rings. The molecule has 0 saturated carbocycles. The number of halogens is 1. The van der Waals surface area contributed by atoms with Crippen molar-refractivity contribution in [3.05, 3.63) is 65.5 Å². The summed E-state index contributed by atoms with van der Waals surface area (Å²) in [4.78, 5) is 40.1. The number of hydrogen-bond donors (Lipinski definition) is 1. The zero-order chi connectivity index (χ0) is 21.7. The average molecular weight is 411 g/mol. The third kappa shape index (κ3) is 5.43. The smallest absolute Gasteiger partial charge is 0.253 e. The summed E-state index contributed by atoms with van der Waals surface area (Å²) in [6.07, 6.45) is 1.48. The number of likely N-dealkylation sites (N-methyl/N-ethyl adjacent to an activating group) is 1. The molecular weight excluding hydrogens is 385 g/mol.